The molecular weight excluding hydrogens is 211 g/mol. The van der Waals surface area contributed by atoms with Gasteiger partial charge in [-0.15, -0.1) is 12.6 Å². The van der Waals surface area contributed by atoms with Crippen LogP contribution in [0.2, 0.25) is 5.15 Å². The molecule has 1 heterocycles. The van der Waals surface area contributed by atoms with Gasteiger partial charge in [-0.1, -0.05) is 11.6 Å². The molecule has 0 fully saturated rings. The van der Waals surface area contributed by atoms with E-state index in [1.165, 1.54) is 6.07 Å². The van der Waals surface area contributed by atoms with Gasteiger partial charge in [0.15, 0.2) is 0 Å². The third kappa shape index (κ3) is 2.28. The summed E-state index contributed by atoms with van der Waals surface area (Å²) in [4.78, 5) is 3.24. The van der Waals surface area contributed by atoms with Crippen molar-refractivity contribution in [3.05, 3.63) is 23.0 Å². The minimum Gasteiger partial charge on any atom is -0.232 e. The Hall–Kier alpha value is -0.420. The highest BCUT2D eigenvalue weighted by Crippen LogP contribution is 2.29. The highest BCUT2D eigenvalue weighted by atomic mass is 35.5. The van der Waals surface area contributed by atoms with Gasteiger partial charge in [-0.05, 0) is 12.1 Å². The molecule has 12 heavy (non-hydrogen) atoms. The lowest BCUT2D eigenvalue weighted by molar-refractivity contribution is -0.141. The van der Waals surface area contributed by atoms with Crippen molar-refractivity contribution in [3.63, 3.8) is 0 Å². The van der Waals surface area contributed by atoms with Crippen LogP contribution in [0.25, 0.3) is 0 Å². The number of hydrogen-bond donors (Lipinski definition) is 1. The summed E-state index contributed by atoms with van der Waals surface area (Å²) in [5, 5.41) is -0.213. The van der Waals surface area contributed by atoms with Crippen molar-refractivity contribution in [1.29, 1.82) is 0 Å². The fourth-order valence-corrected chi connectivity index (χ4v) is 1.16. The summed E-state index contributed by atoms with van der Waals surface area (Å²) in [6.45, 7) is 0. The molecule has 0 amide bonds. The lowest BCUT2D eigenvalue weighted by atomic mass is 10.3. The van der Waals surface area contributed by atoms with Gasteiger partial charge < -0.3 is 0 Å². The SMILES string of the molecule is FC(F)(F)c1cc(S)cc(Cl)n1. The normalized spacial score (nSPS) is 11.8. The first-order valence-electron chi connectivity index (χ1n) is 2.83. The van der Waals surface area contributed by atoms with E-state index in [4.69, 9.17) is 11.6 Å². The maximum atomic E-state index is 12.0. The van der Waals surface area contributed by atoms with Gasteiger partial charge in [0.2, 0.25) is 0 Å². The zero-order valence-electron chi connectivity index (χ0n) is 5.56. The summed E-state index contributed by atoms with van der Waals surface area (Å²) in [7, 11) is 0. The molecule has 0 aliphatic rings. The van der Waals surface area contributed by atoms with Gasteiger partial charge in [-0.2, -0.15) is 13.2 Å². The largest absolute Gasteiger partial charge is 0.433 e. The van der Waals surface area contributed by atoms with E-state index in [1.807, 2.05) is 0 Å². The van der Waals surface area contributed by atoms with E-state index in [0.717, 1.165) is 6.07 Å². The van der Waals surface area contributed by atoms with Crippen molar-refractivity contribution in [1.82, 2.24) is 4.98 Å². The molecule has 0 bridgehead atoms. The Kier molecular flexibility index (Phi) is 2.53. The van der Waals surface area contributed by atoms with Crippen LogP contribution in [0, 0.1) is 0 Å². The van der Waals surface area contributed by atoms with Gasteiger partial charge >= 0.3 is 6.18 Å². The van der Waals surface area contributed by atoms with E-state index >= 15 is 0 Å². The van der Waals surface area contributed by atoms with Gasteiger partial charge in [0.25, 0.3) is 0 Å². The highest BCUT2D eigenvalue weighted by molar-refractivity contribution is 7.80. The smallest absolute Gasteiger partial charge is 0.232 e. The Bertz CT molecular complexity index is 279. The second-order valence-electron chi connectivity index (χ2n) is 2.03. The fraction of sp³-hybridized carbons (Fsp3) is 0.167. The number of nitrogens with zero attached hydrogens (tertiary/aromatic N) is 1. The Morgan fingerprint density at radius 2 is 1.92 bits per heavy atom. The van der Waals surface area contributed by atoms with Crippen LogP contribution >= 0.6 is 24.2 Å². The summed E-state index contributed by atoms with van der Waals surface area (Å²) < 4.78 is 36.0. The molecule has 0 unspecified atom stereocenters. The van der Waals surface area contributed by atoms with Crippen molar-refractivity contribution in [2.75, 3.05) is 0 Å². The van der Waals surface area contributed by atoms with E-state index in [1.54, 1.807) is 0 Å². The van der Waals surface area contributed by atoms with Crippen LogP contribution in [0.1, 0.15) is 5.69 Å². The van der Waals surface area contributed by atoms with Crippen LogP contribution in [0.3, 0.4) is 0 Å². The number of thiol groups is 1. The minimum absolute atomic E-state index is 0.141. The Morgan fingerprint density at radius 3 is 2.33 bits per heavy atom. The zero-order chi connectivity index (χ0) is 9.35. The second-order valence-corrected chi connectivity index (χ2v) is 2.93. The first-order valence-corrected chi connectivity index (χ1v) is 3.66. The summed E-state index contributed by atoms with van der Waals surface area (Å²) in [6.07, 6.45) is -4.47. The number of hydrogen-bond acceptors (Lipinski definition) is 2. The highest BCUT2D eigenvalue weighted by Gasteiger charge is 2.32. The van der Waals surface area contributed by atoms with Crippen LogP contribution < -0.4 is 0 Å². The third-order valence-electron chi connectivity index (χ3n) is 1.07. The number of alkyl halides is 3. The molecule has 1 aromatic heterocycles. The van der Waals surface area contributed by atoms with Crippen LogP contribution in [0.4, 0.5) is 13.2 Å². The number of aromatic nitrogens is 1. The van der Waals surface area contributed by atoms with Crippen LogP contribution in [0.5, 0.6) is 0 Å². The summed E-state index contributed by atoms with van der Waals surface area (Å²) in [5.41, 5.74) is -1.03. The molecule has 0 aliphatic carbocycles. The standard InChI is InChI=1S/C6H3ClF3NS/c7-5-2-3(12)1-4(11-5)6(8,9)10/h1-2H,(H,11,12). The van der Waals surface area contributed by atoms with E-state index in [9.17, 15) is 13.2 Å². The van der Waals surface area contributed by atoms with Crippen molar-refractivity contribution >= 4 is 24.2 Å². The van der Waals surface area contributed by atoms with Crippen LogP contribution in [0.15, 0.2) is 17.0 Å². The molecule has 0 aromatic carbocycles. The van der Waals surface area contributed by atoms with Crippen LogP contribution in [-0.4, -0.2) is 4.98 Å². The average Bonchev–Trinajstić information content (AvgIpc) is 1.82. The Morgan fingerprint density at radius 1 is 1.33 bits per heavy atom. The molecule has 0 radical (unpaired) electrons. The molecule has 1 nitrogen and oxygen atoms in total. The van der Waals surface area contributed by atoms with Crippen molar-refractivity contribution in [3.8, 4) is 0 Å². The van der Waals surface area contributed by atoms with Gasteiger partial charge in [0.05, 0.1) is 0 Å². The molecule has 6 heteroatoms. The molecule has 1 aromatic rings. The predicted octanol–water partition coefficient (Wildman–Crippen LogP) is 3.04. The van der Waals surface area contributed by atoms with E-state index < -0.39 is 11.9 Å². The lowest BCUT2D eigenvalue weighted by Crippen LogP contribution is -2.07. The molecule has 0 saturated heterocycles. The topological polar surface area (TPSA) is 12.9 Å². The number of rotatable bonds is 0. The molecule has 0 atom stereocenters. The van der Waals surface area contributed by atoms with E-state index in [0.29, 0.717) is 0 Å². The molecule has 1 rings (SSSR count). The first kappa shape index (κ1) is 9.67. The first-order chi connectivity index (χ1) is 5.39. The zero-order valence-corrected chi connectivity index (χ0v) is 7.21. The molecular formula is C6H3ClF3NS. The van der Waals surface area contributed by atoms with Crippen molar-refractivity contribution < 1.29 is 13.2 Å². The van der Waals surface area contributed by atoms with Crippen LogP contribution in [-0.2, 0) is 6.18 Å². The fourth-order valence-electron chi connectivity index (χ4n) is 0.629. The Balaban J connectivity index is 3.18. The monoisotopic (exact) mass is 213 g/mol. The summed E-state index contributed by atoms with van der Waals surface area (Å²) in [6, 6.07) is 2.05. The number of halogens is 4. The van der Waals surface area contributed by atoms with Crippen molar-refractivity contribution in [2.24, 2.45) is 0 Å². The molecule has 0 spiro atoms. The lowest BCUT2D eigenvalue weighted by Gasteiger charge is -2.05. The molecule has 0 N–H and O–H groups in total. The van der Waals surface area contributed by atoms with E-state index in [-0.39, 0.29) is 10.0 Å². The van der Waals surface area contributed by atoms with Crippen molar-refractivity contribution in [2.45, 2.75) is 11.1 Å². The number of pyridine rings is 1. The van der Waals surface area contributed by atoms with E-state index in [2.05, 4.69) is 17.6 Å². The van der Waals surface area contributed by atoms with Gasteiger partial charge in [-0.3, -0.25) is 0 Å². The third-order valence-corrected chi connectivity index (χ3v) is 1.52. The Labute approximate surface area is 77.0 Å². The summed E-state index contributed by atoms with van der Waals surface area (Å²) in [5.74, 6) is 0. The maximum Gasteiger partial charge on any atom is 0.433 e. The molecule has 66 valence electrons. The molecule has 0 saturated carbocycles. The summed E-state index contributed by atoms with van der Waals surface area (Å²) >= 11 is 9.03. The maximum absolute atomic E-state index is 12.0. The second kappa shape index (κ2) is 3.14. The average molecular weight is 214 g/mol. The van der Waals surface area contributed by atoms with Gasteiger partial charge in [0.1, 0.15) is 10.8 Å². The molecule has 0 aliphatic heterocycles. The minimum atomic E-state index is -4.47. The quantitative estimate of drug-likeness (QED) is 0.516. The predicted molar refractivity (Wildman–Crippen MR) is 41.5 cm³/mol. The van der Waals surface area contributed by atoms with Gasteiger partial charge in [-0.25, -0.2) is 4.98 Å². The van der Waals surface area contributed by atoms with Gasteiger partial charge in [0, 0.05) is 4.90 Å².